The Bertz CT molecular complexity index is 243. The number of hydrogen-bond acceptors (Lipinski definition) is 2. The largest absolute Gasteiger partial charge is 0.341 e. The molecule has 3 unspecified atom stereocenters. The Kier molecular flexibility index (Phi) is 3.99. The molecule has 2 nitrogen and oxygen atoms in total. The number of thioether (sulfide) groups is 1. The maximum Gasteiger partial charge on any atom is 0.235 e. The summed E-state index contributed by atoms with van der Waals surface area (Å²) in [5.41, 5.74) is 0. The number of carbonyl (C=O) groups is 1. The second kappa shape index (κ2) is 5.09. The number of hydrogen-bond donors (Lipinski definition) is 0. The summed E-state index contributed by atoms with van der Waals surface area (Å²) in [6.07, 6.45) is 3.44. The molecule has 2 aliphatic heterocycles. The molecule has 2 rings (SSSR count). The van der Waals surface area contributed by atoms with E-state index in [0.29, 0.717) is 16.7 Å². The van der Waals surface area contributed by atoms with Crippen LogP contribution in [0.15, 0.2) is 0 Å². The minimum Gasteiger partial charge on any atom is -0.341 e. The van der Waals surface area contributed by atoms with E-state index in [1.165, 1.54) is 12.2 Å². The van der Waals surface area contributed by atoms with Crippen LogP contribution in [0.2, 0.25) is 0 Å². The Morgan fingerprint density at radius 2 is 2.27 bits per heavy atom. The van der Waals surface area contributed by atoms with Crippen molar-refractivity contribution in [1.82, 2.24) is 4.90 Å². The Morgan fingerprint density at radius 3 is 2.87 bits per heavy atom. The number of piperidine rings is 1. The Labute approximate surface area is 104 Å². The Hall–Kier alpha value is 0.300. The molecule has 0 N–H and O–H groups in total. The van der Waals surface area contributed by atoms with Gasteiger partial charge in [0, 0.05) is 17.9 Å². The van der Waals surface area contributed by atoms with E-state index >= 15 is 0 Å². The highest BCUT2D eigenvalue weighted by molar-refractivity contribution is 9.09. The van der Waals surface area contributed by atoms with Gasteiger partial charge >= 0.3 is 0 Å². The van der Waals surface area contributed by atoms with E-state index in [2.05, 4.69) is 27.8 Å². The van der Waals surface area contributed by atoms with Crippen molar-refractivity contribution in [3.8, 4) is 0 Å². The molecule has 2 fully saturated rings. The van der Waals surface area contributed by atoms with Gasteiger partial charge in [-0.25, -0.2) is 0 Å². The summed E-state index contributed by atoms with van der Waals surface area (Å²) in [4.78, 5) is 14.7. The van der Waals surface area contributed by atoms with Gasteiger partial charge in [-0.3, -0.25) is 4.79 Å². The molecule has 2 saturated heterocycles. The van der Waals surface area contributed by atoms with Crippen LogP contribution in [0.4, 0.5) is 0 Å². The molecule has 0 aromatic rings. The summed E-state index contributed by atoms with van der Waals surface area (Å²) in [6, 6.07) is 0. The Balaban J connectivity index is 1.90. The molecule has 0 bridgehead atoms. The average Bonchev–Trinajstić information content (AvgIpc) is 2.74. The molecule has 3 atom stereocenters. The topological polar surface area (TPSA) is 20.3 Å². The third-order valence-corrected chi connectivity index (χ3v) is 5.94. The minimum atomic E-state index is 0.262. The van der Waals surface area contributed by atoms with Crippen molar-refractivity contribution in [3.05, 3.63) is 0 Å². The fourth-order valence-electron chi connectivity index (χ4n) is 2.20. The second-order valence-electron chi connectivity index (χ2n) is 4.57. The lowest BCUT2D eigenvalue weighted by atomic mass is 9.98. The maximum absolute atomic E-state index is 12.1. The first-order chi connectivity index (χ1) is 7.18. The minimum absolute atomic E-state index is 0.262. The first-order valence-corrected chi connectivity index (χ1v) is 7.69. The van der Waals surface area contributed by atoms with Crippen LogP contribution in [-0.2, 0) is 4.79 Å². The van der Waals surface area contributed by atoms with E-state index in [4.69, 9.17) is 0 Å². The normalized spacial score (nSPS) is 36.9. The van der Waals surface area contributed by atoms with Crippen LogP contribution in [0, 0.1) is 5.92 Å². The van der Waals surface area contributed by atoms with E-state index < -0.39 is 0 Å². The third-order valence-electron chi connectivity index (χ3n) is 3.38. The molecule has 2 aliphatic rings. The molecule has 15 heavy (non-hydrogen) atoms. The van der Waals surface area contributed by atoms with Gasteiger partial charge in [-0.1, -0.05) is 22.9 Å². The fraction of sp³-hybridized carbons (Fsp3) is 0.909. The summed E-state index contributed by atoms with van der Waals surface area (Å²) >= 11 is 5.51. The van der Waals surface area contributed by atoms with Crippen molar-refractivity contribution in [2.75, 3.05) is 18.8 Å². The highest BCUT2D eigenvalue weighted by Crippen LogP contribution is 2.30. The van der Waals surface area contributed by atoms with Crippen molar-refractivity contribution >= 4 is 33.6 Å². The van der Waals surface area contributed by atoms with Gasteiger partial charge in [0.05, 0.1) is 5.25 Å². The molecule has 2 heterocycles. The smallest absolute Gasteiger partial charge is 0.235 e. The number of alkyl halides is 1. The van der Waals surface area contributed by atoms with Gasteiger partial charge in [0.15, 0.2) is 0 Å². The van der Waals surface area contributed by atoms with Gasteiger partial charge in [0.2, 0.25) is 5.91 Å². The summed E-state index contributed by atoms with van der Waals surface area (Å²) in [5.74, 6) is 2.25. The lowest BCUT2D eigenvalue weighted by Crippen LogP contribution is -2.46. The predicted molar refractivity (Wildman–Crippen MR) is 68.6 cm³/mol. The molecule has 0 aliphatic carbocycles. The quantitative estimate of drug-likeness (QED) is 0.692. The number of carbonyl (C=O) groups excluding carboxylic acids is 1. The first-order valence-electron chi connectivity index (χ1n) is 5.73. The van der Waals surface area contributed by atoms with E-state index in [0.717, 1.165) is 25.9 Å². The van der Waals surface area contributed by atoms with Gasteiger partial charge in [0.25, 0.3) is 0 Å². The highest BCUT2D eigenvalue weighted by atomic mass is 79.9. The van der Waals surface area contributed by atoms with Crippen LogP contribution in [0.5, 0.6) is 0 Å². The van der Waals surface area contributed by atoms with E-state index in [1.807, 2.05) is 11.8 Å². The standard InChI is InChI=1S/C11H18BrNOS/c1-8-4-5-13(7-9(8)12)11(14)10-3-2-6-15-10/h8-10H,2-7H2,1H3. The van der Waals surface area contributed by atoms with Crippen LogP contribution in [0.1, 0.15) is 26.2 Å². The van der Waals surface area contributed by atoms with E-state index in [-0.39, 0.29) is 5.25 Å². The maximum atomic E-state index is 12.1. The first kappa shape index (κ1) is 11.8. The third kappa shape index (κ3) is 2.70. The van der Waals surface area contributed by atoms with Crippen molar-refractivity contribution in [2.45, 2.75) is 36.3 Å². The summed E-state index contributed by atoms with van der Waals surface area (Å²) in [7, 11) is 0. The molecule has 0 saturated carbocycles. The van der Waals surface area contributed by atoms with Crippen LogP contribution >= 0.6 is 27.7 Å². The summed E-state index contributed by atoms with van der Waals surface area (Å²) in [5, 5.41) is 0.262. The van der Waals surface area contributed by atoms with E-state index in [1.54, 1.807) is 0 Å². The van der Waals surface area contributed by atoms with Gasteiger partial charge in [-0.2, -0.15) is 0 Å². The molecule has 4 heteroatoms. The zero-order valence-electron chi connectivity index (χ0n) is 9.12. The van der Waals surface area contributed by atoms with Crippen LogP contribution in [0.25, 0.3) is 0 Å². The van der Waals surface area contributed by atoms with Crippen molar-refractivity contribution in [3.63, 3.8) is 0 Å². The molecule has 0 aromatic carbocycles. The zero-order valence-corrected chi connectivity index (χ0v) is 11.5. The van der Waals surface area contributed by atoms with Gasteiger partial charge < -0.3 is 4.90 Å². The predicted octanol–water partition coefficient (Wildman–Crippen LogP) is 2.51. The second-order valence-corrected chi connectivity index (χ2v) is 7.05. The van der Waals surface area contributed by atoms with Gasteiger partial charge in [-0.05, 0) is 30.9 Å². The average molecular weight is 292 g/mol. The van der Waals surface area contributed by atoms with Gasteiger partial charge in [0.1, 0.15) is 0 Å². The number of nitrogens with zero attached hydrogens (tertiary/aromatic N) is 1. The number of amides is 1. The lowest BCUT2D eigenvalue weighted by Gasteiger charge is -2.35. The molecule has 1 amide bonds. The molecular weight excluding hydrogens is 274 g/mol. The lowest BCUT2D eigenvalue weighted by molar-refractivity contribution is -0.131. The monoisotopic (exact) mass is 291 g/mol. The number of likely N-dealkylation sites (tertiary alicyclic amines) is 1. The van der Waals surface area contributed by atoms with E-state index in [9.17, 15) is 4.79 Å². The Morgan fingerprint density at radius 1 is 1.47 bits per heavy atom. The van der Waals surface area contributed by atoms with Crippen molar-refractivity contribution in [2.24, 2.45) is 5.92 Å². The molecule has 0 aromatic heterocycles. The SMILES string of the molecule is CC1CCN(C(=O)C2CCCS2)CC1Br. The van der Waals surface area contributed by atoms with Crippen LogP contribution < -0.4 is 0 Å². The molecule has 0 radical (unpaired) electrons. The molecule has 86 valence electrons. The summed E-state index contributed by atoms with van der Waals surface area (Å²) in [6.45, 7) is 4.11. The molecular formula is C11H18BrNOS. The van der Waals surface area contributed by atoms with Crippen molar-refractivity contribution in [1.29, 1.82) is 0 Å². The highest BCUT2D eigenvalue weighted by Gasteiger charge is 2.32. The van der Waals surface area contributed by atoms with Crippen molar-refractivity contribution < 1.29 is 4.79 Å². The van der Waals surface area contributed by atoms with Gasteiger partial charge in [-0.15, -0.1) is 11.8 Å². The molecule has 0 spiro atoms. The fourth-order valence-corrected chi connectivity index (χ4v) is 4.06. The van der Waals surface area contributed by atoms with Crippen LogP contribution in [-0.4, -0.2) is 39.7 Å². The number of rotatable bonds is 1. The summed E-state index contributed by atoms with van der Waals surface area (Å²) < 4.78 is 0. The zero-order chi connectivity index (χ0) is 10.8. The number of halogens is 1. The van der Waals surface area contributed by atoms with Crippen LogP contribution in [0.3, 0.4) is 0 Å².